The molecule has 1 atom stereocenters. The van der Waals surface area contributed by atoms with Crippen molar-refractivity contribution in [1.82, 2.24) is 19.5 Å². The SMILES string of the molecule is CC(Cc1nc2ccccc2[nH]1)Cn1ccnc1-c1cc(F)ccc1Cl. The van der Waals surface area contributed by atoms with Gasteiger partial charge in [0.15, 0.2) is 0 Å². The highest BCUT2D eigenvalue weighted by atomic mass is 35.5. The number of fused-ring (bicyclic) bond motifs is 1. The van der Waals surface area contributed by atoms with Gasteiger partial charge in [-0.2, -0.15) is 0 Å². The van der Waals surface area contributed by atoms with E-state index in [1.54, 1.807) is 12.3 Å². The first kappa shape index (κ1) is 16.8. The lowest BCUT2D eigenvalue weighted by Gasteiger charge is -2.14. The van der Waals surface area contributed by atoms with Crippen molar-refractivity contribution < 1.29 is 4.39 Å². The summed E-state index contributed by atoms with van der Waals surface area (Å²) in [5.41, 5.74) is 2.63. The van der Waals surface area contributed by atoms with E-state index in [0.29, 0.717) is 22.3 Å². The van der Waals surface area contributed by atoms with E-state index < -0.39 is 0 Å². The third kappa shape index (κ3) is 3.35. The number of benzene rings is 2. The molecular weight excluding hydrogens is 351 g/mol. The summed E-state index contributed by atoms with van der Waals surface area (Å²) in [6.45, 7) is 2.89. The van der Waals surface area contributed by atoms with Gasteiger partial charge in [0.05, 0.1) is 16.1 Å². The Morgan fingerprint density at radius 3 is 2.92 bits per heavy atom. The molecule has 0 amide bonds. The molecule has 0 bridgehead atoms. The zero-order valence-corrected chi connectivity index (χ0v) is 15.0. The lowest BCUT2D eigenvalue weighted by atomic mass is 10.1. The molecule has 26 heavy (non-hydrogen) atoms. The number of aromatic amines is 1. The fraction of sp³-hybridized carbons (Fsp3) is 0.200. The van der Waals surface area contributed by atoms with E-state index in [1.807, 2.05) is 35.0 Å². The van der Waals surface area contributed by atoms with Crippen LogP contribution in [0.25, 0.3) is 22.4 Å². The van der Waals surface area contributed by atoms with Crippen LogP contribution in [-0.2, 0) is 13.0 Å². The van der Waals surface area contributed by atoms with E-state index in [9.17, 15) is 4.39 Å². The van der Waals surface area contributed by atoms with Crippen LogP contribution in [0.2, 0.25) is 5.02 Å². The maximum absolute atomic E-state index is 13.6. The molecule has 4 rings (SSSR count). The van der Waals surface area contributed by atoms with Crippen LogP contribution in [0.15, 0.2) is 54.9 Å². The molecule has 0 saturated heterocycles. The Morgan fingerprint density at radius 2 is 2.08 bits per heavy atom. The third-order valence-electron chi connectivity index (χ3n) is 4.37. The van der Waals surface area contributed by atoms with Crippen molar-refractivity contribution >= 4 is 22.6 Å². The average Bonchev–Trinajstić information content (AvgIpc) is 3.23. The van der Waals surface area contributed by atoms with Crippen LogP contribution in [0.1, 0.15) is 12.7 Å². The van der Waals surface area contributed by atoms with Gasteiger partial charge < -0.3 is 9.55 Å². The lowest BCUT2D eigenvalue weighted by Crippen LogP contribution is -2.11. The Hall–Kier alpha value is -2.66. The fourth-order valence-corrected chi connectivity index (χ4v) is 3.40. The lowest BCUT2D eigenvalue weighted by molar-refractivity contribution is 0.474. The fourth-order valence-electron chi connectivity index (χ4n) is 3.20. The number of nitrogens with zero attached hydrogens (tertiary/aromatic N) is 3. The number of halogens is 2. The molecule has 4 nitrogen and oxygen atoms in total. The van der Waals surface area contributed by atoms with Gasteiger partial charge in [0.25, 0.3) is 0 Å². The summed E-state index contributed by atoms with van der Waals surface area (Å²) < 4.78 is 15.6. The first-order valence-electron chi connectivity index (χ1n) is 8.50. The molecule has 0 aliphatic rings. The molecule has 2 aromatic carbocycles. The first-order chi connectivity index (χ1) is 12.6. The van der Waals surface area contributed by atoms with Crippen LogP contribution in [-0.4, -0.2) is 19.5 Å². The number of imidazole rings is 2. The number of H-pyrrole nitrogens is 1. The zero-order chi connectivity index (χ0) is 18.1. The van der Waals surface area contributed by atoms with Crippen molar-refractivity contribution in [3.05, 3.63) is 71.5 Å². The number of hydrogen-bond donors (Lipinski definition) is 1. The predicted octanol–water partition coefficient (Wildman–Crippen LogP) is 5.10. The van der Waals surface area contributed by atoms with Crippen LogP contribution in [0, 0.1) is 11.7 Å². The first-order valence-corrected chi connectivity index (χ1v) is 8.88. The number of aromatic nitrogens is 4. The minimum atomic E-state index is -0.325. The second kappa shape index (κ2) is 6.92. The molecule has 0 aliphatic heterocycles. The molecule has 1 unspecified atom stereocenters. The molecule has 0 saturated carbocycles. The minimum absolute atomic E-state index is 0.316. The summed E-state index contributed by atoms with van der Waals surface area (Å²) in [4.78, 5) is 12.4. The Morgan fingerprint density at radius 1 is 1.23 bits per heavy atom. The zero-order valence-electron chi connectivity index (χ0n) is 14.3. The standard InChI is InChI=1S/C20H18ClFN4/c1-13(10-19-24-17-4-2-3-5-18(17)25-19)12-26-9-8-23-20(26)15-11-14(22)6-7-16(15)21/h2-9,11,13H,10,12H2,1H3,(H,24,25). The third-order valence-corrected chi connectivity index (χ3v) is 4.70. The van der Waals surface area contributed by atoms with Gasteiger partial charge in [-0.25, -0.2) is 14.4 Å². The van der Waals surface area contributed by atoms with E-state index in [-0.39, 0.29) is 5.82 Å². The van der Waals surface area contributed by atoms with E-state index in [1.165, 1.54) is 12.1 Å². The molecule has 0 spiro atoms. The normalized spacial score (nSPS) is 12.6. The summed E-state index contributed by atoms with van der Waals surface area (Å²) >= 11 is 6.24. The van der Waals surface area contributed by atoms with Crippen molar-refractivity contribution in [3.63, 3.8) is 0 Å². The Bertz CT molecular complexity index is 1020. The van der Waals surface area contributed by atoms with Gasteiger partial charge in [-0.05, 0) is 36.2 Å². The molecule has 2 aromatic heterocycles. The van der Waals surface area contributed by atoms with E-state index in [0.717, 1.165) is 29.8 Å². The van der Waals surface area contributed by atoms with E-state index in [4.69, 9.17) is 11.6 Å². The number of para-hydroxylation sites is 2. The monoisotopic (exact) mass is 368 g/mol. The smallest absolute Gasteiger partial charge is 0.141 e. The highest BCUT2D eigenvalue weighted by Crippen LogP contribution is 2.28. The summed E-state index contributed by atoms with van der Waals surface area (Å²) in [6, 6.07) is 12.3. The Kier molecular flexibility index (Phi) is 4.47. The van der Waals surface area contributed by atoms with Gasteiger partial charge in [0.2, 0.25) is 0 Å². The van der Waals surface area contributed by atoms with Crippen LogP contribution >= 0.6 is 11.6 Å². The number of rotatable bonds is 5. The number of nitrogens with one attached hydrogen (secondary N) is 1. The summed E-state index contributed by atoms with van der Waals surface area (Å²) in [5.74, 6) is 1.63. The number of hydrogen-bond acceptors (Lipinski definition) is 2. The highest BCUT2D eigenvalue weighted by Gasteiger charge is 2.14. The van der Waals surface area contributed by atoms with Crippen molar-refractivity contribution in [2.24, 2.45) is 5.92 Å². The van der Waals surface area contributed by atoms with Gasteiger partial charge in [0.1, 0.15) is 17.5 Å². The van der Waals surface area contributed by atoms with Crippen LogP contribution in [0.5, 0.6) is 0 Å². The summed E-state index contributed by atoms with van der Waals surface area (Å²) in [7, 11) is 0. The average molecular weight is 369 g/mol. The molecular formula is C20H18ClFN4. The summed E-state index contributed by atoms with van der Waals surface area (Å²) in [5, 5.41) is 0.490. The van der Waals surface area contributed by atoms with Gasteiger partial charge in [0, 0.05) is 30.9 Å². The predicted molar refractivity (Wildman–Crippen MR) is 102 cm³/mol. The maximum atomic E-state index is 13.6. The second-order valence-electron chi connectivity index (χ2n) is 6.54. The molecule has 0 radical (unpaired) electrons. The van der Waals surface area contributed by atoms with E-state index >= 15 is 0 Å². The largest absolute Gasteiger partial charge is 0.342 e. The van der Waals surface area contributed by atoms with Crippen molar-refractivity contribution in [2.75, 3.05) is 0 Å². The summed E-state index contributed by atoms with van der Waals surface area (Å²) in [6.07, 6.45) is 4.42. The Balaban J connectivity index is 1.54. The Labute approximate surface area is 155 Å². The van der Waals surface area contributed by atoms with Crippen molar-refractivity contribution in [2.45, 2.75) is 19.9 Å². The molecule has 4 aromatic rings. The van der Waals surface area contributed by atoms with Gasteiger partial charge in [-0.15, -0.1) is 0 Å². The molecule has 0 aliphatic carbocycles. The highest BCUT2D eigenvalue weighted by molar-refractivity contribution is 6.33. The second-order valence-corrected chi connectivity index (χ2v) is 6.94. The van der Waals surface area contributed by atoms with Gasteiger partial charge in [-0.3, -0.25) is 0 Å². The topological polar surface area (TPSA) is 46.5 Å². The minimum Gasteiger partial charge on any atom is -0.342 e. The van der Waals surface area contributed by atoms with Crippen LogP contribution in [0.4, 0.5) is 4.39 Å². The molecule has 6 heteroatoms. The van der Waals surface area contributed by atoms with Crippen molar-refractivity contribution in [3.8, 4) is 11.4 Å². The van der Waals surface area contributed by atoms with Gasteiger partial charge in [-0.1, -0.05) is 30.7 Å². The van der Waals surface area contributed by atoms with Crippen LogP contribution in [0.3, 0.4) is 0 Å². The molecule has 2 heterocycles. The van der Waals surface area contributed by atoms with Gasteiger partial charge >= 0.3 is 0 Å². The molecule has 1 N–H and O–H groups in total. The van der Waals surface area contributed by atoms with Crippen molar-refractivity contribution in [1.29, 1.82) is 0 Å². The van der Waals surface area contributed by atoms with E-state index in [2.05, 4.69) is 21.9 Å². The molecule has 0 fully saturated rings. The molecule has 132 valence electrons. The quantitative estimate of drug-likeness (QED) is 0.532. The maximum Gasteiger partial charge on any atom is 0.141 e. The van der Waals surface area contributed by atoms with Crippen LogP contribution < -0.4 is 0 Å².